The Balaban J connectivity index is 1.28. The number of nitrogens with zero attached hydrogens (tertiary/aromatic N) is 5. The fourth-order valence-electron chi connectivity index (χ4n) is 7.69. The third-order valence-corrected chi connectivity index (χ3v) is 10.5. The lowest BCUT2D eigenvalue weighted by atomic mass is 9.99. The van der Waals surface area contributed by atoms with E-state index in [1.165, 1.54) is 0 Å². The molecule has 8 aromatic carbocycles. The molecule has 10 aromatic rings. The van der Waals surface area contributed by atoms with Crippen molar-refractivity contribution in [2.75, 3.05) is 0 Å². The van der Waals surface area contributed by atoms with E-state index in [0.717, 1.165) is 77.6 Å². The molecule has 0 radical (unpaired) electrons. The van der Waals surface area contributed by atoms with Crippen LogP contribution in [0.2, 0.25) is 0 Å². The lowest BCUT2D eigenvalue weighted by Gasteiger charge is -2.16. The van der Waals surface area contributed by atoms with Crippen LogP contribution >= 0.6 is 0 Å². The van der Waals surface area contributed by atoms with Crippen LogP contribution < -0.4 is 0 Å². The van der Waals surface area contributed by atoms with Gasteiger partial charge in [0.2, 0.25) is 0 Å². The van der Waals surface area contributed by atoms with Crippen LogP contribution in [0.1, 0.15) is 5.56 Å². The van der Waals surface area contributed by atoms with Crippen LogP contribution in [0.3, 0.4) is 0 Å². The number of hydrogen-bond donors (Lipinski definition) is 0. The van der Waals surface area contributed by atoms with Crippen molar-refractivity contribution in [2.45, 2.75) is 0 Å². The van der Waals surface area contributed by atoms with Gasteiger partial charge in [-0.2, -0.15) is 5.26 Å². The molecular formula is C52H33N5. The lowest BCUT2D eigenvalue weighted by Crippen LogP contribution is -2.04. The van der Waals surface area contributed by atoms with E-state index in [-0.39, 0.29) is 0 Å². The molecule has 0 saturated heterocycles. The van der Waals surface area contributed by atoms with Gasteiger partial charge >= 0.3 is 0 Å². The molecule has 0 aliphatic heterocycles. The summed E-state index contributed by atoms with van der Waals surface area (Å²) in [6, 6.07) is 71.1. The molecule has 0 bridgehead atoms. The fraction of sp³-hybridized carbons (Fsp3) is 0. The minimum atomic E-state index is 0.549. The van der Waals surface area contributed by atoms with Crippen molar-refractivity contribution in [1.82, 2.24) is 19.5 Å². The summed E-state index contributed by atoms with van der Waals surface area (Å²) in [4.78, 5) is 15.4. The second kappa shape index (κ2) is 14.4. The molecule has 0 saturated carbocycles. The van der Waals surface area contributed by atoms with Crippen LogP contribution in [0.15, 0.2) is 200 Å². The summed E-state index contributed by atoms with van der Waals surface area (Å²) >= 11 is 0. The first-order valence-corrected chi connectivity index (χ1v) is 18.9. The molecule has 0 aliphatic carbocycles. The molecular weight excluding hydrogens is 695 g/mol. The molecule has 0 unspecified atom stereocenters. The quantitative estimate of drug-likeness (QED) is 0.164. The Kier molecular flexibility index (Phi) is 8.48. The zero-order chi connectivity index (χ0) is 38.1. The van der Waals surface area contributed by atoms with Crippen molar-refractivity contribution < 1.29 is 0 Å². The third-order valence-electron chi connectivity index (χ3n) is 10.5. The number of benzene rings is 8. The van der Waals surface area contributed by atoms with E-state index < -0.39 is 0 Å². The van der Waals surface area contributed by atoms with Crippen molar-refractivity contribution >= 4 is 21.8 Å². The molecule has 5 nitrogen and oxygen atoms in total. The molecule has 0 atom stereocenters. The maximum atomic E-state index is 9.79. The number of aromatic nitrogens is 4. The summed E-state index contributed by atoms with van der Waals surface area (Å²) in [5.41, 5.74) is 12.8. The highest BCUT2D eigenvalue weighted by Crippen LogP contribution is 2.41. The minimum Gasteiger partial charge on any atom is -0.308 e. The molecule has 2 heterocycles. The molecule has 0 spiro atoms. The van der Waals surface area contributed by atoms with Crippen LogP contribution in [-0.2, 0) is 0 Å². The number of fused-ring (bicyclic) bond motifs is 3. The van der Waals surface area contributed by atoms with Crippen LogP contribution in [0, 0.1) is 11.3 Å². The summed E-state index contributed by atoms with van der Waals surface area (Å²) in [5, 5.41) is 12.1. The molecule has 2 aromatic heterocycles. The van der Waals surface area contributed by atoms with Gasteiger partial charge < -0.3 is 4.57 Å². The summed E-state index contributed by atoms with van der Waals surface area (Å²) < 4.78 is 2.34. The zero-order valence-electron chi connectivity index (χ0n) is 30.8. The Morgan fingerprint density at radius 2 is 0.772 bits per heavy atom. The summed E-state index contributed by atoms with van der Waals surface area (Å²) in [6.07, 6.45) is 0. The highest BCUT2D eigenvalue weighted by molar-refractivity contribution is 6.12. The van der Waals surface area contributed by atoms with Crippen LogP contribution in [0.4, 0.5) is 0 Å². The van der Waals surface area contributed by atoms with Gasteiger partial charge in [0.1, 0.15) is 0 Å². The topological polar surface area (TPSA) is 67.4 Å². The summed E-state index contributed by atoms with van der Waals surface area (Å²) in [7, 11) is 0. The first kappa shape index (κ1) is 33.6. The molecule has 10 rings (SSSR count). The molecule has 0 amide bonds. The van der Waals surface area contributed by atoms with Gasteiger partial charge in [0.05, 0.1) is 28.4 Å². The average molecular weight is 728 g/mol. The van der Waals surface area contributed by atoms with Gasteiger partial charge in [-0.3, -0.25) is 0 Å². The highest BCUT2D eigenvalue weighted by Gasteiger charge is 2.21. The van der Waals surface area contributed by atoms with E-state index in [0.29, 0.717) is 23.0 Å². The Hall–Kier alpha value is -7.94. The van der Waals surface area contributed by atoms with E-state index in [1.54, 1.807) is 0 Å². The molecule has 5 heteroatoms. The monoisotopic (exact) mass is 727 g/mol. The Morgan fingerprint density at radius 3 is 1.28 bits per heavy atom. The van der Waals surface area contributed by atoms with Gasteiger partial charge in [0.15, 0.2) is 17.5 Å². The average Bonchev–Trinajstić information content (AvgIpc) is 3.62. The normalized spacial score (nSPS) is 11.1. The molecule has 266 valence electrons. The first-order valence-electron chi connectivity index (χ1n) is 18.9. The van der Waals surface area contributed by atoms with E-state index in [9.17, 15) is 5.26 Å². The van der Waals surface area contributed by atoms with Crippen molar-refractivity contribution in [1.29, 1.82) is 5.26 Å². The molecule has 0 N–H and O–H groups in total. The second-order valence-corrected chi connectivity index (χ2v) is 14.0. The van der Waals surface area contributed by atoms with Gasteiger partial charge in [-0.25, -0.2) is 15.0 Å². The Morgan fingerprint density at radius 1 is 0.351 bits per heavy atom. The van der Waals surface area contributed by atoms with E-state index in [2.05, 4.69) is 126 Å². The predicted molar refractivity (Wildman–Crippen MR) is 231 cm³/mol. The van der Waals surface area contributed by atoms with Crippen LogP contribution in [-0.4, -0.2) is 19.5 Å². The Labute approximate surface area is 330 Å². The molecule has 0 fully saturated rings. The largest absolute Gasteiger partial charge is 0.308 e. The van der Waals surface area contributed by atoms with E-state index in [1.807, 2.05) is 84.9 Å². The van der Waals surface area contributed by atoms with Gasteiger partial charge in [0.25, 0.3) is 0 Å². The van der Waals surface area contributed by atoms with Gasteiger partial charge in [0, 0.05) is 27.5 Å². The van der Waals surface area contributed by atoms with Crippen LogP contribution in [0.5, 0.6) is 0 Å². The number of nitriles is 1. The van der Waals surface area contributed by atoms with E-state index in [4.69, 9.17) is 15.0 Å². The summed E-state index contributed by atoms with van der Waals surface area (Å²) in [5.74, 6) is 1.72. The van der Waals surface area contributed by atoms with Crippen molar-refractivity contribution in [3.8, 4) is 79.3 Å². The Bertz CT molecular complexity index is 2960. The zero-order valence-corrected chi connectivity index (χ0v) is 30.8. The van der Waals surface area contributed by atoms with Crippen molar-refractivity contribution in [2.24, 2.45) is 0 Å². The van der Waals surface area contributed by atoms with Crippen molar-refractivity contribution in [3.63, 3.8) is 0 Å². The smallest absolute Gasteiger partial charge is 0.166 e. The number of rotatable bonds is 7. The van der Waals surface area contributed by atoms with Gasteiger partial charge in [-0.05, 0) is 81.9 Å². The first-order chi connectivity index (χ1) is 28.2. The lowest BCUT2D eigenvalue weighted by molar-refractivity contribution is 1.06. The maximum Gasteiger partial charge on any atom is 0.166 e. The summed E-state index contributed by atoms with van der Waals surface area (Å²) in [6.45, 7) is 0. The fourth-order valence-corrected chi connectivity index (χ4v) is 7.69. The predicted octanol–water partition coefficient (Wildman–Crippen LogP) is 12.8. The molecule has 0 aliphatic rings. The molecule has 57 heavy (non-hydrogen) atoms. The standard InChI is InChI=1S/C52H33N5/c53-34-35-14-13-23-40(30-35)43-26-29-49(46(33-43)52-55-50(38-19-9-3-10-20-38)54-51(56-52)39-21-11-4-12-22-39)57-47-27-24-41(36-15-5-1-6-16-36)31-44(47)45-32-42(25-28-48(45)57)37-17-7-2-8-18-37/h1-33H. The van der Waals surface area contributed by atoms with Gasteiger partial charge in [-0.1, -0.05) is 152 Å². The highest BCUT2D eigenvalue weighted by atomic mass is 15.1. The van der Waals surface area contributed by atoms with Crippen molar-refractivity contribution in [3.05, 3.63) is 206 Å². The SMILES string of the molecule is N#Cc1cccc(-c2ccc(-n3c4ccc(-c5ccccc5)cc4c4cc(-c5ccccc5)ccc43)c(-c3nc(-c4ccccc4)nc(-c4ccccc4)n3)c2)c1. The number of hydrogen-bond acceptors (Lipinski definition) is 4. The second-order valence-electron chi connectivity index (χ2n) is 14.0. The van der Waals surface area contributed by atoms with Crippen LogP contribution in [0.25, 0.3) is 95.0 Å². The minimum absolute atomic E-state index is 0.549. The van der Waals surface area contributed by atoms with Gasteiger partial charge in [-0.15, -0.1) is 0 Å². The van der Waals surface area contributed by atoms with E-state index >= 15 is 0 Å². The maximum absolute atomic E-state index is 9.79. The third kappa shape index (κ3) is 6.32.